The number of nitrogens with zero attached hydrogens (tertiary/aromatic N) is 1. The molecule has 7 heteroatoms. The summed E-state index contributed by atoms with van der Waals surface area (Å²) < 4.78 is 40.2. The van der Waals surface area contributed by atoms with Crippen LogP contribution in [-0.4, -0.2) is 30.7 Å². The van der Waals surface area contributed by atoms with E-state index >= 15 is 0 Å². The standard InChI is InChI=1S/C9H11F3N2O2/c1-14(4-7-2-3-16-5-7)8(15)13-6-9(10,11)12/h2-3,5H,4,6H2,1H3,(H,13,15). The third-order valence-electron chi connectivity index (χ3n) is 1.79. The summed E-state index contributed by atoms with van der Waals surface area (Å²) in [6.07, 6.45) is -1.55. The average molecular weight is 236 g/mol. The maximum absolute atomic E-state index is 11.8. The molecule has 0 unspecified atom stereocenters. The summed E-state index contributed by atoms with van der Waals surface area (Å²) >= 11 is 0. The SMILES string of the molecule is CN(Cc1ccoc1)C(=O)NCC(F)(F)F. The monoisotopic (exact) mass is 236 g/mol. The molecule has 16 heavy (non-hydrogen) atoms. The molecule has 4 nitrogen and oxygen atoms in total. The Morgan fingerprint density at radius 1 is 1.56 bits per heavy atom. The predicted octanol–water partition coefficient (Wildman–Crippen LogP) is 1.98. The molecule has 1 rings (SSSR count). The third kappa shape index (κ3) is 4.24. The molecular formula is C9H11F3N2O2. The van der Waals surface area contributed by atoms with E-state index < -0.39 is 18.8 Å². The quantitative estimate of drug-likeness (QED) is 0.872. The van der Waals surface area contributed by atoms with Crippen molar-refractivity contribution in [3.05, 3.63) is 24.2 Å². The molecule has 1 aromatic rings. The van der Waals surface area contributed by atoms with E-state index in [4.69, 9.17) is 4.42 Å². The molecule has 0 aromatic carbocycles. The van der Waals surface area contributed by atoms with Gasteiger partial charge in [0.2, 0.25) is 0 Å². The summed E-state index contributed by atoms with van der Waals surface area (Å²) in [5.41, 5.74) is 0.713. The summed E-state index contributed by atoms with van der Waals surface area (Å²) in [7, 11) is 1.40. The Balaban J connectivity index is 2.37. The number of urea groups is 1. The number of halogens is 3. The van der Waals surface area contributed by atoms with E-state index in [0.717, 1.165) is 4.90 Å². The third-order valence-corrected chi connectivity index (χ3v) is 1.79. The summed E-state index contributed by atoms with van der Waals surface area (Å²) in [5.74, 6) is 0. The largest absolute Gasteiger partial charge is 0.472 e. The van der Waals surface area contributed by atoms with Gasteiger partial charge in [0.1, 0.15) is 6.54 Å². The van der Waals surface area contributed by atoms with E-state index in [0.29, 0.717) is 5.56 Å². The molecule has 0 spiro atoms. The Hall–Kier alpha value is -1.66. The van der Waals surface area contributed by atoms with Crippen LogP contribution in [-0.2, 0) is 6.54 Å². The molecule has 0 aliphatic heterocycles. The molecule has 90 valence electrons. The first-order valence-electron chi connectivity index (χ1n) is 4.45. The van der Waals surface area contributed by atoms with Gasteiger partial charge < -0.3 is 14.6 Å². The fraction of sp³-hybridized carbons (Fsp3) is 0.444. The van der Waals surface area contributed by atoms with Crippen LogP contribution in [0.3, 0.4) is 0 Å². The maximum Gasteiger partial charge on any atom is 0.405 e. The van der Waals surface area contributed by atoms with Gasteiger partial charge in [0, 0.05) is 12.6 Å². The number of nitrogens with one attached hydrogen (secondary N) is 1. The lowest BCUT2D eigenvalue weighted by Crippen LogP contribution is -2.41. The molecule has 0 saturated heterocycles. The van der Waals surface area contributed by atoms with Crippen LogP contribution in [0.25, 0.3) is 0 Å². The van der Waals surface area contributed by atoms with E-state index in [1.54, 1.807) is 11.4 Å². The Labute approximate surface area is 90.0 Å². The highest BCUT2D eigenvalue weighted by Gasteiger charge is 2.28. The molecule has 1 N–H and O–H groups in total. The minimum Gasteiger partial charge on any atom is -0.472 e. The van der Waals surface area contributed by atoms with Gasteiger partial charge in [0.25, 0.3) is 0 Å². The first-order chi connectivity index (χ1) is 7.38. The molecule has 0 bridgehead atoms. The normalized spacial score (nSPS) is 11.2. The molecule has 1 aromatic heterocycles. The number of hydrogen-bond acceptors (Lipinski definition) is 2. The number of hydrogen-bond donors (Lipinski definition) is 1. The smallest absolute Gasteiger partial charge is 0.405 e. The zero-order chi connectivity index (χ0) is 12.2. The molecule has 1 heterocycles. The van der Waals surface area contributed by atoms with Crippen molar-refractivity contribution >= 4 is 6.03 Å². The predicted molar refractivity (Wildman–Crippen MR) is 49.6 cm³/mol. The number of amides is 2. The van der Waals surface area contributed by atoms with Gasteiger partial charge in [-0.05, 0) is 6.07 Å². The van der Waals surface area contributed by atoms with Crippen molar-refractivity contribution in [1.29, 1.82) is 0 Å². The van der Waals surface area contributed by atoms with Crippen LogP contribution in [0.1, 0.15) is 5.56 Å². The Bertz CT molecular complexity index is 335. The van der Waals surface area contributed by atoms with Crippen LogP contribution >= 0.6 is 0 Å². The van der Waals surface area contributed by atoms with Crippen molar-refractivity contribution in [3.63, 3.8) is 0 Å². The zero-order valence-corrected chi connectivity index (χ0v) is 8.54. The minimum absolute atomic E-state index is 0.195. The van der Waals surface area contributed by atoms with Crippen LogP contribution in [0.4, 0.5) is 18.0 Å². The first-order valence-corrected chi connectivity index (χ1v) is 4.45. The van der Waals surface area contributed by atoms with E-state index in [9.17, 15) is 18.0 Å². The average Bonchev–Trinajstić information content (AvgIpc) is 2.65. The zero-order valence-electron chi connectivity index (χ0n) is 8.54. The number of carbonyl (C=O) groups is 1. The van der Waals surface area contributed by atoms with Gasteiger partial charge in [0.05, 0.1) is 19.1 Å². The summed E-state index contributed by atoms with van der Waals surface area (Å²) in [5, 5.41) is 1.77. The minimum atomic E-state index is -4.40. The van der Waals surface area contributed by atoms with Crippen molar-refractivity contribution in [2.75, 3.05) is 13.6 Å². The molecule has 0 aliphatic rings. The Kier molecular flexibility index (Phi) is 3.81. The highest BCUT2D eigenvalue weighted by atomic mass is 19.4. The van der Waals surface area contributed by atoms with Crippen LogP contribution in [0, 0.1) is 0 Å². The van der Waals surface area contributed by atoms with E-state index in [1.165, 1.54) is 19.6 Å². The number of rotatable bonds is 3. The van der Waals surface area contributed by atoms with Crippen molar-refractivity contribution < 1.29 is 22.4 Å². The highest BCUT2D eigenvalue weighted by molar-refractivity contribution is 5.73. The van der Waals surface area contributed by atoms with Gasteiger partial charge in [-0.2, -0.15) is 13.2 Å². The lowest BCUT2D eigenvalue weighted by Gasteiger charge is -2.17. The van der Waals surface area contributed by atoms with E-state index in [-0.39, 0.29) is 6.54 Å². The van der Waals surface area contributed by atoms with Crippen LogP contribution < -0.4 is 5.32 Å². The fourth-order valence-corrected chi connectivity index (χ4v) is 1.04. The maximum atomic E-state index is 11.8. The lowest BCUT2D eigenvalue weighted by atomic mass is 10.3. The molecule has 0 atom stereocenters. The van der Waals surface area contributed by atoms with Crippen molar-refractivity contribution in [2.45, 2.75) is 12.7 Å². The molecule has 0 radical (unpaired) electrons. The highest BCUT2D eigenvalue weighted by Crippen LogP contribution is 2.12. The lowest BCUT2D eigenvalue weighted by molar-refractivity contribution is -0.123. The summed E-state index contributed by atoms with van der Waals surface area (Å²) in [4.78, 5) is 12.3. The Morgan fingerprint density at radius 3 is 2.75 bits per heavy atom. The molecule has 0 fully saturated rings. The number of alkyl halides is 3. The van der Waals surface area contributed by atoms with Gasteiger partial charge in [-0.3, -0.25) is 0 Å². The van der Waals surface area contributed by atoms with E-state index in [2.05, 4.69) is 0 Å². The van der Waals surface area contributed by atoms with Gasteiger partial charge >= 0.3 is 12.2 Å². The topological polar surface area (TPSA) is 45.5 Å². The molecule has 2 amide bonds. The van der Waals surface area contributed by atoms with Gasteiger partial charge in [-0.15, -0.1) is 0 Å². The number of carbonyl (C=O) groups excluding carboxylic acids is 1. The fourth-order valence-electron chi connectivity index (χ4n) is 1.04. The number of furan rings is 1. The molecular weight excluding hydrogens is 225 g/mol. The summed E-state index contributed by atoms with van der Waals surface area (Å²) in [6.45, 7) is -1.14. The van der Waals surface area contributed by atoms with Gasteiger partial charge in [-0.1, -0.05) is 0 Å². The summed E-state index contributed by atoms with van der Waals surface area (Å²) in [6, 6.07) is 0.853. The van der Waals surface area contributed by atoms with Gasteiger partial charge in [-0.25, -0.2) is 4.79 Å². The van der Waals surface area contributed by atoms with Crippen LogP contribution in [0.5, 0.6) is 0 Å². The second-order valence-electron chi connectivity index (χ2n) is 3.26. The second kappa shape index (κ2) is 4.91. The first kappa shape index (κ1) is 12.4. The molecule has 0 saturated carbocycles. The Morgan fingerprint density at radius 2 is 2.25 bits per heavy atom. The van der Waals surface area contributed by atoms with Crippen molar-refractivity contribution in [3.8, 4) is 0 Å². The molecule has 0 aliphatic carbocycles. The van der Waals surface area contributed by atoms with Crippen molar-refractivity contribution in [1.82, 2.24) is 10.2 Å². The van der Waals surface area contributed by atoms with Crippen LogP contribution in [0.15, 0.2) is 23.0 Å². The van der Waals surface area contributed by atoms with E-state index in [1.807, 2.05) is 0 Å². The van der Waals surface area contributed by atoms with Crippen LogP contribution in [0.2, 0.25) is 0 Å². The van der Waals surface area contributed by atoms with Crippen molar-refractivity contribution in [2.24, 2.45) is 0 Å². The second-order valence-corrected chi connectivity index (χ2v) is 3.26. The van der Waals surface area contributed by atoms with Gasteiger partial charge in [0.15, 0.2) is 0 Å².